The minimum absolute atomic E-state index is 0.132. The van der Waals surface area contributed by atoms with Gasteiger partial charge in [-0.2, -0.15) is 0 Å². The van der Waals surface area contributed by atoms with Crippen LogP contribution in [-0.4, -0.2) is 6.54 Å². The average molecular weight is 270 g/mol. The molecule has 0 fully saturated rings. The average Bonchev–Trinajstić information content (AvgIpc) is 2.31. The highest BCUT2D eigenvalue weighted by molar-refractivity contribution is 6.36. The topological polar surface area (TPSA) is 12.0 Å². The van der Waals surface area contributed by atoms with E-state index in [1.54, 1.807) is 0 Å². The number of hydrogen-bond donors (Lipinski definition) is 1. The van der Waals surface area contributed by atoms with Gasteiger partial charge in [0.1, 0.15) is 0 Å². The van der Waals surface area contributed by atoms with Gasteiger partial charge in [-0.05, 0) is 31.5 Å². The Labute approximate surface area is 114 Å². The number of rotatable bonds is 6. The summed E-state index contributed by atoms with van der Waals surface area (Å²) < 4.78 is 0. The number of hydrogen-bond acceptors (Lipinski definition) is 1. The molecule has 92 valence electrons. The molecule has 1 N–H and O–H groups in total. The molecule has 0 aromatic heterocycles. The second-order valence-corrected chi connectivity index (χ2v) is 4.70. The van der Waals surface area contributed by atoms with Crippen molar-refractivity contribution in [2.45, 2.75) is 32.2 Å². The second kappa shape index (κ2) is 7.61. The molecule has 0 heterocycles. The molecular weight excluding hydrogens is 253 g/mol. The highest BCUT2D eigenvalue weighted by Gasteiger charge is 2.16. The Hall–Kier alpha value is -0.680. The van der Waals surface area contributed by atoms with Gasteiger partial charge < -0.3 is 5.32 Å². The SMILES string of the molecule is C#CCCC(NCCC)c1c(Cl)cccc1Cl. The summed E-state index contributed by atoms with van der Waals surface area (Å²) in [4.78, 5) is 0. The lowest BCUT2D eigenvalue weighted by Gasteiger charge is -2.20. The van der Waals surface area contributed by atoms with E-state index in [1.807, 2.05) is 18.2 Å². The third-order valence-corrected chi connectivity index (χ3v) is 3.23. The second-order valence-electron chi connectivity index (χ2n) is 3.88. The summed E-state index contributed by atoms with van der Waals surface area (Å²) in [5.41, 5.74) is 0.958. The Kier molecular flexibility index (Phi) is 6.44. The largest absolute Gasteiger partial charge is 0.310 e. The molecule has 1 unspecified atom stereocenters. The van der Waals surface area contributed by atoms with Gasteiger partial charge in [-0.15, -0.1) is 12.3 Å². The van der Waals surface area contributed by atoms with Gasteiger partial charge in [0.15, 0.2) is 0 Å². The third-order valence-electron chi connectivity index (χ3n) is 2.57. The van der Waals surface area contributed by atoms with E-state index in [0.717, 1.165) is 24.9 Å². The monoisotopic (exact) mass is 269 g/mol. The molecule has 0 bridgehead atoms. The predicted molar refractivity (Wildman–Crippen MR) is 75.6 cm³/mol. The van der Waals surface area contributed by atoms with Crippen molar-refractivity contribution >= 4 is 23.2 Å². The summed E-state index contributed by atoms with van der Waals surface area (Å²) in [6, 6.07) is 5.71. The van der Waals surface area contributed by atoms with Gasteiger partial charge in [-0.25, -0.2) is 0 Å². The van der Waals surface area contributed by atoms with Crippen molar-refractivity contribution in [2.75, 3.05) is 6.54 Å². The molecule has 17 heavy (non-hydrogen) atoms. The fourth-order valence-electron chi connectivity index (χ4n) is 1.74. The maximum atomic E-state index is 6.21. The Morgan fingerprint density at radius 1 is 1.35 bits per heavy atom. The third kappa shape index (κ3) is 4.24. The molecular formula is C14H17Cl2N. The highest BCUT2D eigenvalue weighted by Crippen LogP contribution is 2.32. The number of terminal acetylenes is 1. The summed E-state index contributed by atoms with van der Waals surface area (Å²) in [5, 5.41) is 4.83. The molecule has 0 aliphatic heterocycles. The van der Waals surface area contributed by atoms with Crippen molar-refractivity contribution in [3.05, 3.63) is 33.8 Å². The smallest absolute Gasteiger partial charge is 0.0468 e. The van der Waals surface area contributed by atoms with Gasteiger partial charge in [-0.3, -0.25) is 0 Å². The van der Waals surface area contributed by atoms with Crippen LogP contribution < -0.4 is 5.32 Å². The molecule has 0 aliphatic carbocycles. The van der Waals surface area contributed by atoms with Crippen LogP contribution in [0.25, 0.3) is 0 Å². The van der Waals surface area contributed by atoms with Gasteiger partial charge in [0, 0.05) is 28.1 Å². The van der Waals surface area contributed by atoms with Crippen LogP contribution in [-0.2, 0) is 0 Å². The number of nitrogens with one attached hydrogen (secondary N) is 1. The van der Waals surface area contributed by atoms with Crippen molar-refractivity contribution < 1.29 is 0 Å². The van der Waals surface area contributed by atoms with E-state index in [1.165, 1.54) is 0 Å². The van der Waals surface area contributed by atoms with E-state index in [9.17, 15) is 0 Å². The van der Waals surface area contributed by atoms with Gasteiger partial charge in [0.05, 0.1) is 0 Å². The van der Waals surface area contributed by atoms with E-state index in [-0.39, 0.29) is 6.04 Å². The van der Waals surface area contributed by atoms with E-state index >= 15 is 0 Å². The molecule has 0 saturated carbocycles. The van der Waals surface area contributed by atoms with Crippen molar-refractivity contribution in [2.24, 2.45) is 0 Å². The lowest BCUT2D eigenvalue weighted by molar-refractivity contribution is 0.506. The summed E-state index contributed by atoms with van der Waals surface area (Å²) in [6.07, 6.45) is 7.94. The Balaban J connectivity index is 2.91. The van der Waals surface area contributed by atoms with E-state index in [0.29, 0.717) is 16.5 Å². The molecule has 1 nitrogen and oxygen atoms in total. The molecule has 0 aliphatic rings. The standard InChI is InChI=1S/C14H17Cl2N/c1-3-5-9-13(17-10-4-2)14-11(15)7-6-8-12(14)16/h1,6-8,13,17H,4-5,9-10H2,2H3. The molecule has 0 radical (unpaired) electrons. The first-order valence-electron chi connectivity index (χ1n) is 5.81. The van der Waals surface area contributed by atoms with Gasteiger partial charge in [-0.1, -0.05) is 36.2 Å². The molecule has 1 rings (SSSR count). The minimum Gasteiger partial charge on any atom is -0.310 e. The maximum absolute atomic E-state index is 6.21. The van der Waals surface area contributed by atoms with Crippen molar-refractivity contribution in [3.8, 4) is 12.3 Å². The highest BCUT2D eigenvalue weighted by atomic mass is 35.5. The van der Waals surface area contributed by atoms with Crippen LogP contribution in [0.3, 0.4) is 0 Å². The van der Waals surface area contributed by atoms with Crippen LogP contribution in [0, 0.1) is 12.3 Å². The zero-order valence-corrected chi connectivity index (χ0v) is 11.5. The van der Waals surface area contributed by atoms with Crippen LogP contribution in [0.15, 0.2) is 18.2 Å². The molecule has 0 amide bonds. The van der Waals surface area contributed by atoms with E-state index in [2.05, 4.69) is 18.2 Å². The Morgan fingerprint density at radius 2 is 2.00 bits per heavy atom. The van der Waals surface area contributed by atoms with Gasteiger partial charge in [0.25, 0.3) is 0 Å². The quantitative estimate of drug-likeness (QED) is 0.753. The summed E-state index contributed by atoms with van der Waals surface area (Å²) in [7, 11) is 0. The number of halogens is 2. The van der Waals surface area contributed by atoms with Crippen molar-refractivity contribution in [1.29, 1.82) is 0 Å². The van der Waals surface area contributed by atoms with Crippen LogP contribution >= 0.6 is 23.2 Å². The summed E-state index contributed by atoms with van der Waals surface area (Å²) in [6.45, 7) is 3.05. The lowest BCUT2D eigenvalue weighted by atomic mass is 10.0. The first kappa shape index (κ1) is 14.4. The summed E-state index contributed by atoms with van der Waals surface area (Å²) in [5.74, 6) is 2.66. The van der Waals surface area contributed by atoms with E-state index < -0.39 is 0 Å². The zero-order chi connectivity index (χ0) is 12.7. The maximum Gasteiger partial charge on any atom is 0.0468 e. The Bertz CT molecular complexity index is 375. The van der Waals surface area contributed by atoms with E-state index in [4.69, 9.17) is 29.6 Å². The minimum atomic E-state index is 0.132. The van der Waals surface area contributed by atoms with Crippen LogP contribution in [0.4, 0.5) is 0 Å². The molecule has 0 saturated heterocycles. The molecule has 1 aromatic carbocycles. The first-order chi connectivity index (χ1) is 8.20. The summed E-state index contributed by atoms with van der Waals surface area (Å²) >= 11 is 12.4. The Morgan fingerprint density at radius 3 is 2.53 bits per heavy atom. The van der Waals surface area contributed by atoms with Crippen LogP contribution in [0.2, 0.25) is 10.0 Å². The number of benzene rings is 1. The lowest BCUT2D eigenvalue weighted by Crippen LogP contribution is -2.22. The molecule has 1 aromatic rings. The molecule has 0 spiro atoms. The van der Waals surface area contributed by atoms with Gasteiger partial charge in [0.2, 0.25) is 0 Å². The van der Waals surface area contributed by atoms with Crippen molar-refractivity contribution in [3.63, 3.8) is 0 Å². The van der Waals surface area contributed by atoms with Crippen LogP contribution in [0.5, 0.6) is 0 Å². The van der Waals surface area contributed by atoms with Crippen LogP contribution in [0.1, 0.15) is 37.8 Å². The molecule has 3 heteroatoms. The van der Waals surface area contributed by atoms with Gasteiger partial charge >= 0.3 is 0 Å². The zero-order valence-electron chi connectivity index (χ0n) is 9.97. The first-order valence-corrected chi connectivity index (χ1v) is 6.57. The van der Waals surface area contributed by atoms with Crippen molar-refractivity contribution in [1.82, 2.24) is 5.32 Å². The molecule has 1 atom stereocenters. The normalized spacial score (nSPS) is 12.1. The predicted octanol–water partition coefficient (Wildman–Crippen LogP) is 4.45. The fourth-order valence-corrected chi connectivity index (χ4v) is 2.40. The fraction of sp³-hybridized carbons (Fsp3) is 0.429.